The number of hydrogen-bond acceptors (Lipinski definition) is 4. The minimum atomic E-state index is -0.371. The highest BCUT2D eigenvalue weighted by molar-refractivity contribution is 6.35. The van der Waals surface area contributed by atoms with Gasteiger partial charge in [-0.3, -0.25) is 4.79 Å². The molecule has 1 saturated heterocycles. The number of nitrogens with zero attached hydrogens (tertiary/aromatic N) is 3. The van der Waals surface area contributed by atoms with E-state index in [1.807, 2.05) is 42.6 Å². The molecule has 4 heterocycles. The van der Waals surface area contributed by atoms with E-state index in [9.17, 15) is 9.59 Å². The molecule has 0 bridgehead atoms. The maximum Gasteiger partial charge on any atom is 0.318 e. The summed E-state index contributed by atoms with van der Waals surface area (Å²) in [7, 11) is 0. The van der Waals surface area contributed by atoms with Crippen molar-refractivity contribution in [2.45, 2.75) is 25.0 Å². The fraction of sp³-hybridized carbons (Fsp3) is 0.308. The Morgan fingerprint density at radius 2 is 1.83 bits per heavy atom. The van der Waals surface area contributed by atoms with Gasteiger partial charge in [0, 0.05) is 59.7 Å². The molecule has 1 aromatic heterocycles. The minimum Gasteiger partial charge on any atom is -0.486 e. The van der Waals surface area contributed by atoms with Gasteiger partial charge in [-0.15, -0.1) is 0 Å². The molecular weight excluding hydrogens is 503 g/mol. The van der Waals surface area contributed by atoms with Gasteiger partial charge in [-0.05, 0) is 42.0 Å². The zero-order chi connectivity index (χ0) is 24.8. The largest absolute Gasteiger partial charge is 0.486 e. The first kappa shape index (κ1) is 23.1. The van der Waals surface area contributed by atoms with Gasteiger partial charge in [0.2, 0.25) is 5.91 Å². The van der Waals surface area contributed by atoms with Crippen molar-refractivity contribution in [3.05, 3.63) is 76.0 Å². The second-order valence-electron chi connectivity index (χ2n) is 9.07. The number of carbonyl (C=O) groups excluding carboxylic acids is 2. The second-order valence-corrected chi connectivity index (χ2v) is 9.91. The summed E-state index contributed by atoms with van der Waals surface area (Å²) in [5, 5.41) is 4.12. The number of nitrogens with one attached hydrogen (secondary N) is 1. The van der Waals surface area contributed by atoms with Crippen molar-refractivity contribution in [1.29, 1.82) is 0 Å². The predicted molar refractivity (Wildman–Crippen MR) is 136 cm³/mol. The van der Waals surface area contributed by atoms with Gasteiger partial charge in [0.25, 0.3) is 0 Å². The smallest absolute Gasteiger partial charge is 0.318 e. The van der Waals surface area contributed by atoms with Crippen LogP contribution in [0.4, 0.5) is 10.5 Å². The third-order valence-corrected chi connectivity index (χ3v) is 7.41. The molecule has 3 aliphatic rings. The second kappa shape index (κ2) is 9.26. The van der Waals surface area contributed by atoms with Crippen LogP contribution in [0.2, 0.25) is 10.0 Å². The van der Waals surface area contributed by atoms with Crippen molar-refractivity contribution in [3.8, 4) is 11.5 Å². The summed E-state index contributed by atoms with van der Waals surface area (Å²) in [5.41, 5.74) is 2.50. The summed E-state index contributed by atoms with van der Waals surface area (Å²) >= 11 is 12.7. The van der Waals surface area contributed by atoms with Crippen LogP contribution in [0.1, 0.15) is 23.7 Å². The number of hydrogen-bond donors (Lipinski definition) is 1. The van der Waals surface area contributed by atoms with E-state index in [1.165, 1.54) is 0 Å². The Morgan fingerprint density at radius 3 is 2.67 bits per heavy atom. The zero-order valence-electron chi connectivity index (χ0n) is 19.3. The molecule has 8 nitrogen and oxygen atoms in total. The van der Waals surface area contributed by atoms with Crippen LogP contribution in [0.5, 0.6) is 11.5 Å². The summed E-state index contributed by atoms with van der Waals surface area (Å²) in [4.78, 5) is 29.9. The van der Waals surface area contributed by atoms with Crippen molar-refractivity contribution in [1.82, 2.24) is 14.8 Å². The van der Waals surface area contributed by atoms with Gasteiger partial charge in [0.1, 0.15) is 19.3 Å². The molecule has 2 unspecified atom stereocenters. The first-order chi connectivity index (χ1) is 17.5. The Labute approximate surface area is 218 Å². The Kier molecular flexibility index (Phi) is 5.93. The summed E-state index contributed by atoms with van der Waals surface area (Å²) < 4.78 is 13.4. The quantitative estimate of drug-likeness (QED) is 0.545. The molecule has 3 amide bonds. The highest BCUT2D eigenvalue weighted by Crippen LogP contribution is 2.38. The van der Waals surface area contributed by atoms with E-state index in [1.54, 1.807) is 21.9 Å². The molecule has 10 heteroatoms. The minimum absolute atomic E-state index is 0.0539. The lowest BCUT2D eigenvalue weighted by molar-refractivity contribution is -0.117. The predicted octanol–water partition coefficient (Wildman–Crippen LogP) is 4.49. The van der Waals surface area contributed by atoms with Crippen LogP contribution in [-0.2, 0) is 11.3 Å². The molecule has 0 radical (unpaired) electrons. The topological polar surface area (TPSA) is 76.0 Å². The fourth-order valence-electron chi connectivity index (χ4n) is 5.16. The number of halogens is 2. The zero-order valence-corrected chi connectivity index (χ0v) is 20.8. The number of anilines is 1. The number of ether oxygens (including phenoxy) is 2. The van der Waals surface area contributed by atoms with E-state index in [4.69, 9.17) is 32.7 Å². The first-order valence-electron chi connectivity index (χ1n) is 11.8. The number of fused-ring (bicyclic) bond motifs is 2. The van der Waals surface area contributed by atoms with Crippen molar-refractivity contribution in [3.63, 3.8) is 0 Å². The maximum atomic E-state index is 13.6. The van der Waals surface area contributed by atoms with E-state index < -0.39 is 0 Å². The first-order valence-corrected chi connectivity index (χ1v) is 12.6. The molecule has 0 spiro atoms. The molecule has 1 N–H and O–H groups in total. The number of carbonyl (C=O) groups is 2. The molecule has 1 fully saturated rings. The molecule has 3 aromatic rings. The highest BCUT2D eigenvalue weighted by atomic mass is 35.5. The van der Waals surface area contributed by atoms with Crippen LogP contribution in [0.25, 0.3) is 0 Å². The molecule has 186 valence electrons. The molecular formula is C26H24Cl2N4O4. The van der Waals surface area contributed by atoms with Crippen LogP contribution in [0, 0.1) is 0 Å². The van der Waals surface area contributed by atoms with Crippen molar-refractivity contribution in [2.75, 3.05) is 31.2 Å². The maximum absolute atomic E-state index is 13.6. The number of aromatic nitrogens is 1. The standard InChI is InChI=1S/C26H24Cl2N4O4/c27-16-3-5-19(20(28)12-16)25-21-2-1-7-30(21)8-9-31(25)26(34)29-17-13-24(33)32(15-17)18-4-6-22-23(14-18)36-11-10-35-22/h1-7,12,14,17,25H,8-11,13,15H2,(H,29,34). The van der Waals surface area contributed by atoms with Crippen molar-refractivity contribution in [2.24, 2.45) is 0 Å². The average molecular weight is 527 g/mol. The molecule has 2 atom stereocenters. The normalized spacial score (nSPS) is 20.9. The van der Waals surface area contributed by atoms with Gasteiger partial charge in [-0.2, -0.15) is 0 Å². The number of urea groups is 1. The van der Waals surface area contributed by atoms with Gasteiger partial charge >= 0.3 is 6.03 Å². The molecule has 3 aliphatic heterocycles. The highest BCUT2D eigenvalue weighted by Gasteiger charge is 2.37. The monoisotopic (exact) mass is 526 g/mol. The third kappa shape index (κ3) is 4.14. The third-order valence-electron chi connectivity index (χ3n) is 6.85. The summed E-state index contributed by atoms with van der Waals surface area (Å²) in [6, 6.07) is 13.8. The van der Waals surface area contributed by atoms with E-state index in [0.29, 0.717) is 54.4 Å². The lowest BCUT2D eigenvalue weighted by atomic mass is 10.00. The van der Waals surface area contributed by atoms with E-state index >= 15 is 0 Å². The lowest BCUT2D eigenvalue weighted by Gasteiger charge is -2.38. The number of rotatable bonds is 3. The Balaban J connectivity index is 1.21. The van der Waals surface area contributed by atoms with Crippen LogP contribution in [0.15, 0.2) is 54.7 Å². The molecule has 2 aromatic carbocycles. The van der Waals surface area contributed by atoms with Crippen LogP contribution >= 0.6 is 23.2 Å². The summed E-state index contributed by atoms with van der Waals surface area (Å²) in [5.74, 6) is 1.24. The molecule has 0 aliphatic carbocycles. The lowest BCUT2D eigenvalue weighted by Crippen LogP contribution is -2.50. The fourth-order valence-corrected chi connectivity index (χ4v) is 5.68. The van der Waals surface area contributed by atoms with Crippen molar-refractivity contribution < 1.29 is 19.1 Å². The Bertz CT molecular complexity index is 1340. The summed E-state index contributed by atoms with van der Waals surface area (Å²) in [6.07, 6.45) is 2.22. The van der Waals surface area contributed by atoms with Crippen molar-refractivity contribution >= 4 is 40.8 Å². The molecule has 6 rings (SSSR count). The van der Waals surface area contributed by atoms with Crippen LogP contribution in [-0.4, -0.2) is 53.8 Å². The Hall–Kier alpha value is -3.36. The average Bonchev–Trinajstić information content (AvgIpc) is 3.49. The van der Waals surface area contributed by atoms with Crippen LogP contribution in [0.3, 0.4) is 0 Å². The number of amides is 3. The van der Waals surface area contributed by atoms with Gasteiger partial charge in [0.15, 0.2) is 11.5 Å². The van der Waals surface area contributed by atoms with E-state index in [0.717, 1.165) is 16.9 Å². The number of benzene rings is 2. The molecule has 36 heavy (non-hydrogen) atoms. The summed E-state index contributed by atoms with van der Waals surface area (Å²) in [6.45, 7) is 2.53. The molecule has 0 saturated carbocycles. The van der Waals surface area contributed by atoms with E-state index in [2.05, 4.69) is 9.88 Å². The Morgan fingerprint density at radius 1 is 1.00 bits per heavy atom. The SMILES string of the molecule is O=C1CC(NC(=O)N2CCn3cccc3C2c2ccc(Cl)cc2Cl)CN1c1ccc2c(c1)OCCO2. The van der Waals surface area contributed by atoms with Gasteiger partial charge in [-0.1, -0.05) is 29.3 Å². The van der Waals surface area contributed by atoms with Gasteiger partial charge < -0.3 is 29.2 Å². The van der Waals surface area contributed by atoms with Crippen LogP contribution < -0.4 is 19.7 Å². The van der Waals surface area contributed by atoms with E-state index in [-0.39, 0.29) is 30.4 Å². The van der Waals surface area contributed by atoms with Gasteiger partial charge in [-0.25, -0.2) is 4.79 Å². The van der Waals surface area contributed by atoms with Gasteiger partial charge in [0.05, 0.1) is 6.04 Å².